The average Bonchev–Trinajstić information content (AvgIpc) is 2.70. The summed E-state index contributed by atoms with van der Waals surface area (Å²) in [6.07, 6.45) is 0. The van der Waals surface area contributed by atoms with Crippen molar-refractivity contribution < 1.29 is 23.7 Å². The molecule has 0 unspecified atom stereocenters. The molecule has 3 rings (SSSR count). The predicted molar refractivity (Wildman–Crippen MR) is 102 cm³/mol. The minimum absolute atomic E-state index is 0.241. The largest absolute Gasteiger partial charge is 0.496 e. The van der Waals surface area contributed by atoms with Crippen LogP contribution in [-0.2, 0) is 5.41 Å². The van der Waals surface area contributed by atoms with Crippen LogP contribution in [0.1, 0.15) is 29.8 Å². The summed E-state index contributed by atoms with van der Waals surface area (Å²) in [5.41, 5.74) is 1.14. The van der Waals surface area contributed by atoms with Gasteiger partial charge in [0.25, 0.3) is 5.91 Å². The molecule has 6 heteroatoms. The lowest BCUT2D eigenvalue weighted by Crippen LogP contribution is -2.37. The van der Waals surface area contributed by atoms with Gasteiger partial charge in [-0.3, -0.25) is 4.79 Å². The third kappa shape index (κ3) is 3.94. The van der Waals surface area contributed by atoms with Crippen LogP contribution in [0.25, 0.3) is 0 Å². The number of amides is 1. The Bertz CT molecular complexity index is 809. The lowest BCUT2D eigenvalue weighted by atomic mass is 9.84. The Morgan fingerprint density at radius 2 is 1.67 bits per heavy atom. The molecule has 0 aromatic heterocycles. The van der Waals surface area contributed by atoms with Gasteiger partial charge in [0.2, 0.25) is 0 Å². The van der Waals surface area contributed by atoms with Crippen molar-refractivity contribution in [3.05, 3.63) is 47.5 Å². The number of hydrogen-bond acceptors (Lipinski definition) is 5. The molecule has 0 saturated carbocycles. The third-order valence-corrected chi connectivity index (χ3v) is 4.67. The minimum atomic E-state index is -0.305. The molecule has 0 saturated heterocycles. The fourth-order valence-corrected chi connectivity index (χ4v) is 3.03. The molecule has 1 heterocycles. The molecule has 0 fully saturated rings. The van der Waals surface area contributed by atoms with Gasteiger partial charge in [-0.2, -0.15) is 0 Å². The van der Waals surface area contributed by atoms with E-state index in [2.05, 4.69) is 19.2 Å². The Hall–Kier alpha value is -2.89. The first-order valence-corrected chi connectivity index (χ1v) is 8.85. The van der Waals surface area contributed by atoms with E-state index in [1.165, 1.54) is 14.2 Å². The van der Waals surface area contributed by atoms with Crippen LogP contribution in [0.5, 0.6) is 23.0 Å². The van der Waals surface area contributed by atoms with Crippen LogP contribution < -0.4 is 24.3 Å². The van der Waals surface area contributed by atoms with Gasteiger partial charge in [-0.15, -0.1) is 0 Å². The Kier molecular flexibility index (Phi) is 5.44. The van der Waals surface area contributed by atoms with Gasteiger partial charge >= 0.3 is 0 Å². The van der Waals surface area contributed by atoms with Crippen molar-refractivity contribution in [3.8, 4) is 23.0 Å². The van der Waals surface area contributed by atoms with Gasteiger partial charge in [0.15, 0.2) is 11.5 Å². The van der Waals surface area contributed by atoms with Gasteiger partial charge < -0.3 is 24.3 Å². The highest BCUT2D eigenvalue weighted by Gasteiger charge is 2.26. The van der Waals surface area contributed by atoms with Gasteiger partial charge in [0, 0.05) is 12.0 Å². The molecule has 27 heavy (non-hydrogen) atoms. The first-order chi connectivity index (χ1) is 13.0. The summed E-state index contributed by atoms with van der Waals surface area (Å²) >= 11 is 0. The second kappa shape index (κ2) is 7.78. The van der Waals surface area contributed by atoms with Gasteiger partial charge in [0.1, 0.15) is 30.3 Å². The lowest BCUT2D eigenvalue weighted by molar-refractivity contribution is 0.0939. The van der Waals surface area contributed by atoms with Crippen molar-refractivity contribution in [1.29, 1.82) is 0 Å². The molecule has 2 aromatic carbocycles. The molecule has 0 radical (unpaired) electrons. The number of fused-ring (bicyclic) bond motifs is 1. The molecule has 1 N–H and O–H groups in total. The summed E-state index contributed by atoms with van der Waals surface area (Å²) < 4.78 is 21.9. The standard InChI is InChI=1S/C21H25NO5/c1-21(2,14-8-9-15-18(12-14)27-11-10-26-15)13-22-20(23)19-16(24-3)6-5-7-17(19)25-4/h5-9,12H,10-11,13H2,1-4H3,(H,22,23). The average molecular weight is 371 g/mol. The van der Waals surface area contributed by atoms with Crippen LogP contribution in [0.4, 0.5) is 0 Å². The van der Waals surface area contributed by atoms with Crippen molar-refractivity contribution in [2.45, 2.75) is 19.3 Å². The van der Waals surface area contributed by atoms with Crippen LogP contribution >= 0.6 is 0 Å². The smallest absolute Gasteiger partial charge is 0.258 e. The summed E-state index contributed by atoms with van der Waals surface area (Å²) in [6, 6.07) is 11.2. The summed E-state index contributed by atoms with van der Waals surface area (Å²) in [4.78, 5) is 12.8. The number of hydrogen-bond donors (Lipinski definition) is 1. The monoisotopic (exact) mass is 371 g/mol. The first-order valence-electron chi connectivity index (χ1n) is 8.85. The highest BCUT2D eigenvalue weighted by molar-refractivity contribution is 5.99. The van der Waals surface area contributed by atoms with Crippen LogP contribution in [0, 0.1) is 0 Å². The van der Waals surface area contributed by atoms with E-state index >= 15 is 0 Å². The molecule has 0 atom stereocenters. The number of carbonyl (C=O) groups is 1. The topological polar surface area (TPSA) is 66.0 Å². The Morgan fingerprint density at radius 3 is 2.30 bits per heavy atom. The second-order valence-electron chi connectivity index (χ2n) is 6.96. The maximum atomic E-state index is 12.8. The van der Waals surface area contributed by atoms with Crippen molar-refractivity contribution in [2.75, 3.05) is 34.0 Å². The fraction of sp³-hybridized carbons (Fsp3) is 0.381. The summed E-state index contributed by atoms with van der Waals surface area (Å²) in [5, 5.41) is 3.00. The number of nitrogens with one attached hydrogen (secondary N) is 1. The molecule has 2 aromatic rings. The number of ether oxygens (including phenoxy) is 4. The summed E-state index contributed by atoms with van der Waals surface area (Å²) in [6.45, 7) is 5.68. The van der Waals surface area contributed by atoms with Crippen LogP contribution in [0.15, 0.2) is 36.4 Å². The first kappa shape index (κ1) is 18.9. The molecular weight excluding hydrogens is 346 g/mol. The fourth-order valence-electron chi connectivity index (χ4n) is 3.03. The molecule has 0 spiro atoms. The highest BCUT2D eigenvalue weighted by Crippen LogP contribution is 2.35. The third-order valence-electron chi connectivity index (χ3n) is 4.67. The van der Waals surface area contributed by atoms with Crippen LogP contribution in [0.3, 0.4) is 0 Å². The lowest BCUT2D eigenvalue weighted by Gasteiger charge is -2.28. The van der Waals surface area contributed by atoms with E-state index in [0.29, 0.717) is 36.8 Å². The molecule has 0 aliphatic carbocycles. The highest BCUT2D eigenvalue weighted by atomic mass is 16.6. The maximum absolute atomic E-state index is 12.8. The van der Waals surface area contributed by atoms with Crippen molar-refractivity contribution >= 4 is 5.91 Å². The van der Waals surface area contributed by atoms with E-state index in [9.17, 15) is 4.79 Å². The molecular formula is C21H25NO5. The number of methoxy groups -OCH3 is 2. The van der Waals surface area contributed by atoms with E-state index < -0.39 is 0 Å². The maximum Gasteiger partial charge on any atom is 0.258 e. The summed E-state index contributed by atoms with van der Waals surface area (Å²) in [7, 11) is 3.06. The molecule has 1 amide bonds. The zero-order chi connectivity index (χ0) is 19.4. The number of carbonyl (C=O) groups excluding carboxylic acids is 1. The van der Waals surface area contributed by atoms with Gasteiger partial charge in [-0.25, -0.2) is 0 Å². The quantitative estimate of drug-likeness (QED) is 0.845. The second-order valence-corrected chi connectivity index (χ2v) is 6.96. The normalized spacial score (nSPS) is 13.0. The van der Waals surface area contributed by atoms with Gasteiger partial charge in [-0.1, -0.05) is 26.0 Å². The predicted octanol–water partition coefficient (Wildman–Crippen LogP) is 3.18. The zero-order valence-corrected chi connectivity index (χ0v) is 16.1. The Morgan fingerprint density at radius 1 is 1.04 bits per heavy atom. The SMILES string of the molecule is COc1cccc(OC)c1C(=O)NCC(C)(C)c1ccc2c(c1)OCCO2. The van der Waals surface area contributed by atoms with E-state index in [4.69, 9.17) is 18.9 Å². The molecule has 0 bridgehead atoms. The van der Waals surface area contributed by atoms with E-state index in [1.54, 1.807) is 18.2 Å². The van der Waals surface area contributed by atoms with E-state index in [-0.39, 0.29) is 11.3 Å². The van der Waals surface area contributed by atoms with Crippen molar-refractivity contribution in [3.63, 3.8) is 0 Å². The number of rotatable bonds is 6. The molecule has 1 aliphatic heterocycles. The van der Waals surface area contributed by atoms with Gasteiger partial charge in [-0.05, 0) is 29.8 Å². The Labute approximate surface area is 159 Å². The van der Waals surface area contributed by atoms with E-state index in [0.717, 1.165) is 17.1 Å². The molecule has 6 nitrogen and oxygen atoms in total. The molecule has 1 aliphatic rings. The summed E-state index contributed by atoms with van der Waals surface area (Å²) in [5.74, 6) is 2.20. The van der Waals surface area contributed by atoms with Crippen LogP contribution in [0.2, 0.25) is 0 Å². The van der Waals surface area contributed by atoms with Crippen molar-refractivity contribution in [1.82, 2.24) is 5.32 Å². The molecule has 144 valence electrons. The van der Waals surface area contributed by atoms with Crippen molar-refractivity contribution in [2.24, 2.45) is 0 Å². The van der Waals surface area contributed by atoms with Gasteiger partial charge in [0.05, 0.1) is 14.2 Å². The Balaban J connectivity index is 1.77. The van der Waals surface area contributed by atoms with E-state index in [1.807, 2.05) is 18.2 Å². The van der Waals surface area contributed by atoms with Crippen LogP contribution in [-0.4, -0.2) is 39.9 Å². The zero-order valence-electron chi connectivity index (χ0n) is 16.1. The minimum Gasteiger partial charge on any atom is -0.496 e. The number of benzene rings is 2.